The highest BCUT2D eigenvalue weighted by Gasteiger charge is 2.09. The molecule has 0 amide bonds. The van der Waals surface area contributed by atoms with E-state index in [4.69, 9.17) is 0 Å². The van der Waals surface area contributed by atoms with E-state index in [9.17, 15) is 4.79 Å². The third-order valence-corrected chi connectivity index (χ3v) is 3.63. The van der Waals surface area contributed by atoms with Gasteiger partial charge in [0.15, 0.2) is 5.78 Å². The van der Waals surface area contributed by atoms with Gasteiger partial charge in [0.05, 0.1) is 6.54 Å². The van der Waals surface area contributed by atoms with Crippen molar-refractivity contribution >= 4 is 5.78 Å². The van der Waals surface area contributed by atoms with Crippen molar-refractivity contribution in [3.63, 3.8) is 0 Å². The molecule has 0 bridgehead atoms. The molecule has 0 spiro atoms. The van der Waals surface area contributed by atoms with Crippen LogP contribution in [0.4, 0.5) is 0 Å². The second kappa shape index (κ2) is 7.19. The van der Waals surface area contributed by atoms with E-state index in [1.54, 1.807) is 0 Å². The summed E-state index contributed by atoms with van der Waals surface area (Å²) >= 11 is 0. The van der Waals surface area contributed by atoms with Crippen molar-refractivity contribution in [2.24, 2.45) is 0 Å². The van der Waals surface area contributed by atoms with Gasteiger partial charge in [-0.05, 0) is 31.5 Å². The number of carbonyl (C=O) groups excluding carboxylic acids is 1. The zero-order valence-electron chi connectivity index (χ0n) is 13.1. The topological polar surface area (TPSA) is 20.3 Å². The van der Waals surface area contributed by atoms with Gasteiger partial charge in [0, 0.05) is 12.1 Å². The quantitative estimate of drug-likeness (QED) is 0.749. The maximum atomic E-state index is 12.3. The van der Waals surface area contributed by atoms with Gasteiger partial charge in [0.2, 0.25) is 0 Å². The molecule has 0 atom stereocenters. The summed E-state index contributed by atoms with van der Waals surface area (Å²) in [5, 5.41) is 0. The second-order valence-electron chi connectivity index (χ2n) is 5.63. The molecule has 0 saturated heterocycles. The summed E-state index contributed by atoms with van der Waals surface area (Å²) < 4.78 is 0. The average Bonchev–Trinajstić information content (AvgIpc) is 2.47. The minimum atomic E-state index is 0.174. The van der Waals surface area contributed by atoms with Gasteiger partial charge in [0.1, 0.15) is 0 Å². The van der Waals surface area contributed by atoms with Crippen molar-refractivity contribution in [1.82, 2.24) is 4.90 Å². The fraction of sp³-hybridized carbons (Fsp3) is 0.316. The van der Waals surface area contributed by atoms with Crippen molar-refractivity contribution < 1.29 is 4.79 Å². The number of Topliss-reactive ketones (excluding diaryl/α,β-unsaturated/α-hetero) is 1. The maximum absolute atomic E-state index is 12.3. The predicted molar refractivity (Wildman–Crippen MR) is 87.7 cm³/mol. The minimum Gasteiger partial charge on any atom is -0.295 e. The Labute approximate surface area is 127 Å². The molecule has 0 aromatic heterocycles. The molecule has 0 saturated carbocycles. The first-order chi connectivity index (χ1) is 10.1. The van der Waals surface area contributed by atoms with Crippen LogP contribution in [0.25, 0.3) is 0 Å². The summed E-state index contributed by atoms with van der Waals surface area (Å²) in [6.45, 7) is 5.44. The third kappa shape index (κ3) is 4.54. The SMILES string of the molecule is CCc1ccc(C(=O)CN(C)Cc2cccc(C)c2)cc1. The number of nitrogens with zero attached hydrogens (tertiary/aromatic N) is 1. The average molecular weight is 281 g/mol. The summed E-state index contributed by atoms with van der Waals surface area (Å²) in [7, 11) is 1.99. The van der Waals surface area contributed by atoms with Crippen molar-refractivity contribution in [3.05, 3.63) is 70.8 Å². The molecule has 0 heterocycles. The van der Waals surface area contributed by atoms with Crippen molar-refractivity contribution in [2.75, 3.05) is 13.6 Å². The number of aryl methyl sites for hydroxylation is 2. The summed E-state index contributed by atoms with van der Waals surface area (Å²) in [6.07, 6.45) is 1.00. The lowest BCUT2D eigenvalue weighted by atomic mass is 10.1. The zero-order valence-corrected chi connectivity index (χ0v) is 13.1. The molecule has 0 unspecified atom stereocenters. The molecule has 0 N–H and O–H groups in total. The van der Waals surface area contributed by atoms with Crippen LogP contribution < -0.4 is 0 Å². The Balaban J connectivity index is 1.95. The van der Waals surface area contributed by atoms with Crippen LogP contribution in [0.5, 0.6) is 0 Å². The van der Waals surface area contributed by atoms with E-state index in [-0.39, 0.29) is 5.78 Å². The number of rotatable bonds is 6. The third-order valence-electron chi connectivity index (χ3n) is 3.63. The van der Waals surface area contributed by atoms with Crippen molar-refractivity contribution in [2.45, 2.75) is 26.8 Å². The number of benzene rings is 2. The number of likely N-dealkylation sites (N-methyl/N-ethyl adjacent to an activating group) is 1. The van der Waals surface area contributed by atoms with Crippen LogP contribution in [0, 0.1) is 6.92 Å². The van der Waals surface area contributed by atoms with Gasteiger partial charge in [-0.2, -0.15) is 0 Å². The molecule has 2 aromatic rings. The van der Waals surface area contributed by atoms with Crippen LogP contribution in [0.15, 0.2) is 48.5 Å². The molecule has 2 nitrogen and oxygen atoms in total. The van der Waals surface area contributed by atoms with Crippen LogP contribution in [0.1, 0.15) is 34.0 Å². The van der Waals surface area contributed by atoms with Crippen LogP contribution in [-0.2, 0) is 13.0 Å². The lowest BCUT2D eigenvalue weighted by Gasteiger charge is -2.16. The molecule has 21 heavy (non-hydrogen) atoms. The van der Waals surface area contributed by atoms with Gasteiger partial charge in [-0.3, -0.25) is 9.69 Å². The van der Waals surface area contributed by atoms with E-state index < -0.39 is 0 Å². The zero-order chi connectivity index (χ0) is 15.2. The number of hydrogen-bond donors (Lipinski definition) is 0. The highest BCUT2D eigenvalue weighted by molar-refractivity contribution is 5.97. The largest absolute Gasteiger partial charge is 0.295 e. The molecule has 0 aliphatic rings. The van der Waals surface area contributed by atoms with E-state index in [2.05, 4.69) is 43.0 Å². The van der Waals surface area contributed by atoms with Gasteiger partial charge < -0.3 is 0 Å². The van der Waals surface area contributed by atoms with Gasteiger partial charge in [-0.15, -0.1) is 0 Å². The Morgan fingerprint density at radius 2 is 1.76 bits per heavy atom. The van der Waals surface area contributed by atoms with E-state index in [1.165, 1.54) is 16.7 Å². The van der Waals surface area contributed by atoms with Crippen molar-refractivity contribution in [3.8, 4) is 0 Å². The van der Waals surface area contributed by atoms with Crippen LogP contribution >= 0.6 is 0 Å². The lowest BCUT2D eigenvalue weighted by Crippen LogP contribution is -2.25. The first-order valence-corrected chi connectivity index (χ1v) is 7.44. The number of hydrogen-bond acceptors (Lipinski definition) is 2. The van der Waals surface area contributed by atoms with E-state index >= 15 is 0 Å². The van der Waals surface area contributed by atoms with Gasteiger partial charge in [0.25, 0.3) is 0 Å². The minimum absolute atomic E-state index is 0.174. The predicted octanol–water partition coefficient (Wildman–Crippen LogP) is 3.87. The fourth-order valence-electron chi connectivity index (χ4n) is 2.44. The molecule has 0 aliphatic carbocycles. The summed E-state index contributed by atoms with van der Waals surface area (Å²) in [4.78, 5) is 14.3. The summed E-state index contributed by atoms with van der Waals surface area (Å²) in [5.74, 6) is 0.174. The molecule has 0 aliphatic heterocycles. The molecule has 110 valence electrons. The first-order valence-electron chi connectivity index (χ1n) is 7.44. The van der Waals surface area contributed by atoms with E-state index in [0.717, 1.165) is 18.5 Å². The Hall–Kier alpha value is -1.93. The molecule has 0 radical (unpaired) electrons. The van der Waals surface area contributed by atoms with Gasteiger partial charge in [-0.1, -0.05) is 61.0 Å². The van der Waals surface area contributed by atoms with Gasteiger partial charge >= 0.3 is 0 Å². The molecule has 0 fully saturated rings. The Kier molecular flexibility index (Phi) is 5.29. The summed E-state index contributed by atoms with van der Waals surface area (Å²) in [6, 6.07) is 16.3. The molecule has 2 aromatic carbocycles. The maximum Gasteiger partial charge on any atom is 0.176 e. The number of ketones is 1. The molecular weight excluding hydrogens is 258 g/mol. The number of carbonyl (C=O) groups is 1. The fourth-order valence-corrected chi connectivity index (χ4v) is 2.44. The highest BCUT2D eigenvalue weighted by atomic mass is 16.1. The van der Waals surface area contributed by atoms with E-state index in [1.807, 2.05) is 31.3 Å². The monoisotopic (exact) mass is 281 g/mol. The Morgan fingerprint density at radius 3 is 2.38 bits per heavy atom. The van der Waals surface area contributed by atoms with Crippen LogP contribution in [-0.4, -0.2) is 24.3 Å². The highest BCUT2D eigenvalue weighted by Crippen LogP contribution is 2.09. The van der Waals surface area contributed by atoms with Crippen LogP contribution in [0.2, 0.25) is 0 Å². The normalized spacial score (nSPS) is 10.9. The molecule has 2 rings (SSSR count). The molecular formula is C19H23NO. The standard InChI is InChI=1S/C19H23NO/c1-4-16-8-10-18(11-9-16)19(21)14-20(3)13-17-7-5-6-15(2)12-17/h5-12H,4,13-14H2,1-3H3. The Morgan fingerprint density at radius 1 is 1.05 bits per heavy atom. The van der Waals surface area contributed by atoms with Crippen LogP contribution in [0.3, 0.4) is 0 Å². The lowest BCUT2D eigenvalue weighted by molar-refractivity contribution is 0.0943. The summed E-state index contributed by atoms with van der Waals surface area (Å²) in [5.41, 5.74) is 4.55. The first kappa shape index (κ1) is 15.5. The molecule has 2 heteroatoms. The second-order valence-corrected chi connectivity index (χ2v) is 5.63. The smallest absolute Gasteiger partial charge is 0.176 e. The van der Waals surface area contributed by atoms with Gasteiger partial charge in [-0.25, -0.2) is 0 Å². The Bertz CT molecular complexity index is 601. The van der Waals surface area contributed by atoms with E-state index in [0.29, 0.717) is 6.54 Å². The van der Waals surface area contributed by atoms with Crippen molar-refractivity contribution in [1.29, 1.82) is 0 Å².